The lowest BCUT2D eigenvalue weighted by Crippen LogP contribution is -2.12. The Kier molecular flexibility index (Phi) is 4.33. The van der Waals surface area contributed by atoms with E-state index in [9.17, 15) is 9.59 Å². The molecule has 122 valence electrons. The minimum absolute atomic E-state index is 0.215. The number of nitrogens with zero attached hydrogens (tertiary/aromatic N) is 1. The highest BCUT2D eigenvalue weighted by Crippen LogP contribution is 2.22. The summed E-state index contributed by atoms with van der Waals surface area (Å²) in [5.41, 5.74) is 2.55. The molecule has 0 saturated heterocycles. The van der Waals surface area contributed by atoms with Crippen molar-refractivity contribution >= 4 is 28.5 Å². The number of hydrogen-bond donors (Lipinski definition) is 1. The molecule has 1 heterocycles. The number of nitrogens with one attached hydrogen (secondary N) is 1. The summed E-state index contributed by atoms with van der Waals surface area (Å²) in [5.74, 6) is -0.619. The number of carbonyl (C=O) groups excluding carboxylic acids is 2. The standard InChI is InChI=1S/C19H18N2O3/c1-3-24-19(23)13-7-6-8-14(11-13)20-18(22)16-12-21(2)17-10-5-4-9-15(16)17/h4-12H,3H2,1-2H3,(H,20,22). The molecule has 0 fully saturated rings. The van der Waals surface area contributed by atoms with Crippen LogP contribution in [0.5, 0.6) is 0 Å². The summed E-state index contributed by atoms with van der Waals surface area (Å²) in [4.78, 5) is 24.4. The van der Waals surface area contributed by atoms with Gasteiger partial charge in [0, 0.05) is 29.8 Å². The molecule has 0 aliphatic carbocycles. The second-order valence-electron chi connectivity index (χ2n) is 5.43. The van der Waals surface area contributed by atoms with E-state index >= 15 is 0 Å². The Morgan fingerprint density at radius 3 is 2.71 bits per heavy atom. The van der Waals surface area contributed by atoms with Crippen LogP contribution in [0.25, 0.3) is 10.9 Å². The van der Waals surface area contributed by atoms with Crippen LogP contribution < -0.4 is 5.32 Å². The number of benzene rings is 2. The van der Waals surface area contributed by atoms with Gasteiger partial charge in [-0.15, -0.1) is 0 Å². The highest BCUT2D eigenvalue weighted by Gasteiger charge is 2.14. The SMILES string of the molecule is CCOC(=O)c1cccc(NC(=O)c2cn(C)c3ccccc23)c1. The van der Waals surface area contributed by atoms with Crippen LogP contribution in [0.4, 0.5) is 5.69 Å². The molecule has 2 aromatic carbocycles. The molecule has 1 amide bonds. The Morgan fingerprint density at radius 2 is 1.92 bits per heavy atom. The topological polar surface area (TPSA) is 60.3 Å². The lowest BCUT2D eigenvalue weighted by atomic mass is 10.1. The molecule has 5 heteroatoms. The number of aryl methyl sites for hydroxylation is 1. The smallest absolute Gasteiger partial charge is 0.338 e. The Balaban J connectivity index is 1.87. The van der Waals surface area contributed by atoms with E-state index in [1.165, 1.54) is 0 Å². The third-order valence-corrected chi connectivity index (χ3v) is 3.77. The first-order valence-corrected chi connectivity index (χ1v) is 7.72. The third-order valence-electron chi connectivity index (χ3n) is 3.77. The fraction of sp³-hybridized carbons (Fsp3) is 0.158. The van der Waals surface area contributed by atoms with Crippen LogP contribution in [-0.2, 0) is 11.8 Å². The van der Waals surface area contributed by atoms with Gasteiger partial charge >= 0.3 is 5.97 Å². The second kappa shape index (κ2) is 6.58. The van der Waals surface area contributed by atoms with Gasteiger partial charge < -0.3 is 14.6 Å². The molecule has 1 N–H and O–H groups in total. The number of hydrogen-bond acceptors (Lipinski definition) is 3. The molecule has 0 unspecified atom stereocenters. The molecular formula is C19H18N2O3. The maximum atomic E-state index is 12.6. The number of anilines is 1. The zero-order valence-electron chi connectivity index (χ0n) is 13.6. The van der Waals surface area contributed by atoms with E-state index in [1.54, 1.807) is 37.4 Å². The zero-order chi connectivity index (χ0) is 17.1. The molecule has 0 atom stereocenters. The lowest BCUT2D eigenvalue weighted by molar-refractivity contribution is 0.0526. The van der Waals surface area contributed by atoms with Crippen LogP contribution in [0.3, 0.4) is 0 Å². The average Bonchev–Trinajstić information content (AvgIpc) is 2.93. The maximum Gasteiger partial charge on any atom is 0.338 e. The lowest BCUT2D eigenvalue weighted by Gasteiger charge is -2.07. The van der Waals surface area contributed by atoms with E-state index in [2.05, 4.69) is 5.32 Å². The molecule has 0 spiro atoms. The summed E-state index contributed by atoms with van der Waals surface area (Å²) in [5, 5.41) is 3.73. The van der Waals surface area contributed by atoms with Crippen molar-refractivity contribution in [3.8, 4) is 0 Å². The summed E-state index contributed by atoms with van der Waals surface area (Å²) >= 11 is 0. The highest BCUT2D eigenvalue weighted by atomic mass is 16.5. The molecule has 5 nitrogen and oxygen atoms in total. The number of amides is 1. The van der Waals surface area contributed by atoms with Crippen LogP contribution in [-0.4, -0.2) is 23.1 Å². The monoisotopic (exact) mass is 322 g/mol. The van der Waals surface area contributed by atoms with Crippen molar-refractivity contribution < 1.29 is 14.3 Å². The minimum Gasteiger partial charge on any atom is -0.462 e. The minimum atomic E-state index is -0.404. The first-order valence-electron chi connectivity index (χ1n) is 7.72. The zero-order valence-corrected chi connectivity index (χ0v) is 13.6. The second-order valence-corrected chi connectivity index (χ2v) is 5.43. The third kappa shape index (κ3) is 3.01. The van der Waals surface area contributed by atoms with Crippen LogP contribution in [0, 0.1) is 0 Å². The van der Waals surface area contributed by atoms with Crippen molar-refractivity contribution in [3.05, 3.63) is 65.9 Å². The van der Waals surface area contributed by atoms with Crippen molar-refractivity contribution in [3.63, 3.8) is 0 Å². The van der Waals surface area contributed by atoms with Gasteiger partial charge in [-0.3, -0.25) is 4.79 Å². The molecule has 1 aromatic heterocycles. The summed E-state index contributed by atoms with van der Waals surface area (Å²) in [6, 6.07) is 14.4. The van der Waals surface area contributed by atoms with Crippen molar-refractivity contribution in [1.29, 1.82) is 0 Å². The number of aromatic nitrogens is 1. The molecular weight excluding hydrogens is 304 g/mol. The number of rotatable bonds is 4. The first kappa shape index (κ1) is 15.8. The first-order chi connectivity index (χ1) is 11.6. The van der Waals surface area contributed by atoms with Gasteiger partial charge in [0.25, 0.3) is 5.91 Å². The fourth-order valence-electron chi connectivity index (χ4n) is 2.66. The average molecular weight is 322 g/mol. The molecule has 0 bridgehead atoms. The maximum absolute atomic E-state index is 12.6. The van der Waals surface area contributed by atoms with Gasteiger partial charge in [-0.05, 0) is 31.2 Å². The summed E-state index contributed by atoms with van der Waals surface area (Å²) in [6.07, 6.45) is 1.80. The number of ether oxygens (including phenoxy) is 1. The highest BCUT2D eigenvalue weighted by molar-refractivity contribution is 6.13. The van der Waals surface area contributed by atoms with E-state index in [0.717, 1.165) is 10.9 Å². The van der Waals surface area contributed by atoms with E-state index in [4.69, 9.17) is 4.74 Å². The van der Waals surface area contributed by atoms with Crippen LogP contribution in [0.1, 0.15) is 27.6 Å². The normalized spacial score (nSPS) is 10.6. The van der Waals surface area contributed by atoms with Gasteiger partial charge in [-0.25, -0.2) is 4.79 Å². The predicted octanol–water partition coefficient (Wildman–Crippen LogP) is 3.61. The molecule has 0 aliphatic rings. The number of esters is 1. The van der Waals surface area contributed by atoms with Crippen LogP contribution in [0.2, 0.25) is 0 Å². The van der Waals surface area contributed by atoms with Crippen LogP contribution in [0.15, 0.2) is 54.7 Å². The number of para-hydroxylation sites is 1. The number of carbonyl (C=O) groups is 2. The van der Waals surface area contributed by atoms with Gasteiger partial charge in [0.15, 0.2) is 0 Å². The van der Waals surface area contributed by atoms with Crippen molar-refractivity contribution in [1.82, 2.24) is 4.57 Å². The van der Waals surface area contributed by atoms with Crippen molar-refractivity contribution in [2.75, 3.05) is 11.9 Å². The van der Waals surface area contributed by atoms with E-state index in [1.807, 2.05) is 35.9 Å². The van der Waals surface area contributed by atoms with Gasteiger partial charge in [-0.1, -0.05) is 24.3 Å². The molecule has 0 saturated carbocycles. The molecule has 0 radical (unpaired) electrons. The Bertz CT molecular complexity index is 912. The Morgan fingerprint density at radius 1 is 1.12 bits per heavy atom. The van der Waals surface area contributed by atoms with Crippen LogP contribution >= 0.6 is 0 Å². The van der Waals surface area contributed by atoms with Gasteiger partial charge in [0.2, 0.25) is 0 Å². The van der Waals surface area contributed by atoms with Gasteiger partial charge in [0.1, 0.15) is 0 Å². The van der Waals surface area contributed by atoms with Gasteiger partial charge in [-0.2, -0.15) is 0 Å². The summed E-state index contributed by atoms with van der Waals surface area (Å²) in [6.45, 7) is 2.06. The Hall–Kier alpha value is -3.08. The summed E-state index contributed by atoms with van der Waals surface area (Å²) < 4.78 is 6.89. The molecule has 3 rings (SSSR count). The quantitative estimate of drug-likeness (QED) is 0.747. The largest absolute Gasteiger partial charge is 0.462 e. The Labute approximate surface area is 139 Å². The van der Waals surface area contributed by atoms with E-state index < -0.39 is 5.97 Å². The van der Waals surface area contributed by atoms with Crippen molar-refractivity contribution in [2.45, 2.75) is 6.92 Å². The van der Waals surface area contributed by atoms with Gasteiger partial charge in [0.05, 0.1) is 17.7 Å². The predicted molar refractivity (Wildman–Crippen MR) is 93.3 cm³/mol. The fourth-order valence-corrected chi connectivity index (χ4v) is 2.66. The molecule has 0 aliphatic heterocycles. The summed E-state index contributed by atoms with van der Waals surface area (Å²) in [7, 11) is 1.90. The number of fused-ring (bicyclic) bond motifs is 1. The van der Waals surface area contributed by atoms with Crippen molar-refractivity contribution in [2.24, 2.45) is 7.05 Å². The van der Waals surface area contributed by atoms with E-state index in [-0.39, 0.29) is 5.91 Å². The van der Waals surface area contributed by atoms with E-state index in [0.29, 0.717) is 23.4 Å². The molecule has 24 heavy (non-hydrogen) atoms. The molecule has 3 aromatic rings.